The highest BCUT2D eigenvalue weighted by atomic mass is 35.5. The quantitative estimate of drug-likeness (QED) is 0.814. The molecule has 118 valence electrons. The van der Waals surface area contributed by atoms with Crippen LogP contribution in [0, 0.1) is 13.8 Å². The molecule has 0 spiro atoms. The summed E-state index contributed by atoms with van der Waals surface area (Å²) in [6.45, 7) is 10.2. The van der Waals surface area contributed by atoms with Crippen molar-refractivity contribution in [2.24, 2.45) is 0 Å². The van der Waals surface area contributed by atoms with Crippen LogP contribution in [-0.4, -0.2) is 50.1 Å². The Hall–Kier alpha value is -1.10. The summed E-state index contributed by atoms with van der Waals surface area (Å²) in [6, 6.07) is 5.95. The van der Waals surface area contributed by atoms with Crippen molar-refractivity contribution in [1.29, 1.82) is 0 Å². The number of rotatable bonds is 5. The number of nitrogens with one attached hydrogen (secondary N) is 2. The van der Waals surface area contributed by atoms with Crippen LogP contribution in [0.1, 0.15) is 27.9 Å². The molecule has 0 unspecified atom stereocenters. The second-order valence-electron chi connectivity index (χ2n) is 5.52. The number of hydrogen-bond donors (Lipinski definition) is 2. The molecule has 1 saturated heterocycles. The molecule has 2 rings (SSSR count). The van der Waals surface area contributed by atoms with Crippen molar-refractivity contribution in [2.75, 3.05) is 39.3 Å². The number of amides is 1. The van der Waals surface area contributed by atoms with Gasteiger partial charge in [-0.1, -0.05) is 17.7 Å². The molecule has 1 aliphatic rings. The monoisotopic (exact) mass is 311 g/mol. The zero-order valence-corrected chi connectivity index (χ0v) is 13.8. The van der Waals surface area contributed by atoms with Crippen LogP contribution < -0.4 is 10.6 Å². The molecular formula is C16H26ClN3O. The molecular weight excluding hydrogens is 286 g/mol. The van der Waals surface area contributed by atoms with Gasteiger partial charge >= 0.3 is 0 Å². The Morgan fingerprint density at radius 3 is 2.67 bits per heavy atom. The maximum absolute atomic E-state index is 12.1. The zero-order chi connectivity index (χ0) is 14.4. The van der Waals surface area contributed by atoms with Gasteiger partial charge in [0.15, 0.2) is 0 Å². The molecule has 1 aliphatic heterocycles. The molecule has 1 heterocycles. The lowest BCUT2D eigenvalue weighted by Crippen LogP contribution is -2.44. The number of carbonyl (C=O) groups is 1. The third-order valence-corrected chi connectivity index (χ3v) is 3.77. The fourth-order valence-electron chi connectivity index (χ4n) is 2.60. The largest absolute Gasteiger partial charge is 0.352 e. The van der Waals surface area contributed by atoms with Crippen LogP contribution in [-0.2, 0) is 0 Å². The van der Waals surface area contributed by atoms with Crippen molar-refractivity contribution in [3.8, 4) is 0 Å². The molecule has 1 aromatic rings. The fourth-order valence-corrected chi connectivity index (χ4v) is 2.60. The second-order valence-corrected chi connectivity index (χ2v) is 5.52. The zero-order valence-electron chi connectivity index (χ0n) is 12.9. The van der Waals surface area contributed by atoms with Gasteiger partial charge in [0.1, 0.15) is 0 Å². The molecule has 0 aliphatic carbocycles. The van der Waals surface area contributed by atoms with Crippen molar-refractivity contribution in [1.82, 2.24) is 15.5 Å². The van der Waals surface area contributed by atoms with Gasteiger partial charge in [0.25, 0.3) is 5.91 Å². The first kappa shape index (κ1) is 18.0. The Morgan fingerprint density at radius 2 is 2.00 bits per heavy atom. The summed E-state index contributed by atoms with van der Waals surface area (Å²) in [5, 5.41) is 6.36. The van der Waals surface area contributed by atoms with E-state index in [1.54, 1.807) is 0 Å². The number of aryl methyl sites for hydroxylation is 2. The van der Waals surface area contributed by atoms with Gasteiger partial charge in [-0.25, -0.2) is 0 Å². The van der Waals surface area contributed by atoms with E-state index in [0.29, 0.717) is 0 Å². The molecule has 0 radical (unpaired) electrons. The fraction of sp³-hybridized carbons (Fsp3) is 0.562. The lowest BCUT2D eigenvalue weighted by atomic mass is 10.1. The maximum atomic E-state index is 12.1. The van der Waals surface area contributed by atoms with Crippen molar-refractivity contribution in [2.45, 2.75) is 20.3 Å². The van der Waals surface area contributed by atoms with Gasteiger partial charge in [-0.15, -0.1) is 12.4 Å². The minimum Gasteiger partial charge on any atom is -0.352 e. The van der Waals surface area contributed by atoms with Gasteiger partial charge in [0.2, 0.25) is 0 Å². The first-order valence-electron chi connectivity index (χ1n) is 7.45. The van der Waals surface area contributed by atoms with Gasteiger partial charge in [-0.3, -0.25) is 4.79 Å². The topological polar surface area (TPSA) is 44.4 Å². The molecule has 1 amide bonds. The van der Waals surface area contributed by atoms with E-state index in [4.69, 9.17) is 0 Å². The predicted molar refractivity (Wildman–Crippen MR) is 89.4 cm³/mol. The number of benzene rings is 1. The molecule has 4 nitrogen and oxygen atoms in total. The van der Waals surface area contributed by atoms with E-state index >= 15 is 0 Å². The van der Waals surface area contributed by atoms with E-state index in [9.17, 15) is 4.79 Å². The summed E-state index contributed by atoms with van der Waals surface area (Å²) in [6.07, 6.45) is 1.01. The van der Waals surface area contributed by atoms with Crippen LogP contribution in [0.25, 0.3) is 0 Å². The number of nitrogens with zero attached hydrogens (tertiary/aromatic N) is 1. The Labute approximate surface area is 133 Å². The molecule has 1 fully saturated rings. The number of halogens is 1. The SMILES string of the molecule is Cc1ccc(C(=O)NCCCN2CCNCC2)c(C)c1.Cl. The normalized spacial score (nSPS) is 15.3. The number of piperazine rings is 1. The van der Waals surface area contributed by atoms with Gasteiger partial charge in [0.05, 0.1) is 0 Å². The summed E-state index contributed by atoms with van der Waals surface area (Å²) in [5.74, 6) is 0.0443. The van der Waals surface area contributed by atoms with Crippen LogP contribution in [0.4, 0.5) is 0 Å². The van der Waals surface area contributed by atoms with E-state index in [-0.39, 0.29) is 18.3 Å². The Morgan fingerprint density at radius 1 is 1.29 bits per heavy atom. The molecule has 0 atom stereocenters. The molecule has 0 aromatic heterocycles. The number of hydrogen-bond acceptors (Lipinski definition) is 3. The van der Waals surface area contributed by atoms with Gasteiger partial charge in [-0.05, 0) is 38.4 Å². The lowest BCUT2D eigenvalue weighted by Gasteiger charge is -2.27. The third-order valence-electron chi connectivity index (χ3n) is 3.77. The summed E-state index contributed by atoms with van der Waals surface area (Å²) < 4.78 is 0. The van der Waals surface area contributed by atoms with Crippen LogP contribution in [0.3, 0.4) is 0 Å². The van der Waals surface area contributed by atoms with Crippen LogP contribution >= 0.6 is 12.4 Å². The van der Waals surface area contributed by atoms with E-state index in [1.165, 1.54) is 5.56 Å². The highest BCUT2D eigenvalue weighted by Gasteiger charge is 2.10. The highest BCUT2D eigenvalue weighted by Crippen LogP contribution is 2.10. The minimum absolute atomic E-state index is 0. The highest BCUT2D eigenvalue weighted by molar-refractivity contribution is 5.95. The first-order valence-corrected chi connectivity index (χ1v) is 7.45. The molecule has 0 saturated carbocycles. The van der Waals surface area contributed by atoms with E-state index in [2.05, 4.69) is 21.6 Å². The van der Waals surface area contributed by atoms with Crippen molar-refractivity contribution in [3.05, 3.63) is 34.9 Å². The molecule has 5 heteroatoms. The average molecular weight is 312 g/mol. The van der Waals surface area contributed by atoms with Gasteiger partial charge < -0.3 is 15.5 Å². The van der Waals surface area contributed by atoms with E-state index < -0.39 is 0 Å². The van der Waals surface area contributed by atoms with Crippen LogP contribution in [0.5, 0.6) is 0 Å². The summed E-state index contributed by atoms with van der Waals surface area (Å²) in [5.41, 5.74) is 3.03. The van der Waals surface area contributed by atoms with E-state index in [0.717, 1.165) is 56.8 Å². The van der Waals surface area contributed by atoms with E-state index in [1.807, 2.05) is 26.0 Å². The summed E-state index contributed by atoms with van der Waals surface area (Å²) in [4.78, 5) is 14.5. The second kappa shape index (κ2) is 9.03. The summed E-state index contributed by atoms with van der Waals surface area (Å²) >= 11 is 0. The Balaban J connectivity index is 0.00000220. The third kappa shape index (κ3) is 5.65. The first-order chi connectivity index (χ1) is 9.66. The van der Waals surface area contributed by atoms with Gasteiger partial charge in [0, 0.05) is 38.3 Å². The van der Waals surface area contributed by atoms with Crippen LogP contribution in [0.15, 0.2) is 18.2 Å². The standard InChI is InChI=1S/C16H25N3O.ClH/c1-13-4-5-15(14(2)12-13)16(20)18-6-3-9-19-10-7-17-8-11-19;/h4-5,12,17H,3,6-11H2,1-2H3,(H,18,20);1H. The maximum Gasteiger partial charge on any atom is 0.251 e. The molecule has 21 heavy (non-hydrogen) atoms. The minimum atomic E-state index is 0. The van der Waals surface area contributed by atoms with Crippen molar-refractivity contribution >= 4 is 18.3 Å². The Bertz CT molecular complexity index is 459. The summed E-state index contributed by atoms with van der Waals surface area (Å²) in [7, 11) is 0. The lowest BCUT2D eigenvalue weighted by molar-refractivity contribution is 0.0950. The average Bonchev–Trinajstić information content (AvgIpc) is 2.44. The van der Waals surface area contributed by atoms with Crippen molar-refractivity contribution in [3.63, 3.8) is 0 Å². The smallest absolute Gasteiger partial charge is 0.251 e. The van der Waals surface area contributed by atoms with Crippen LogP contribution in [0.2, 0.25) is 0 Å². The molecule has 2 N–H and O–H groups in total. The number of carbonyl (C=O) groups excluding carboxylic acids is 1. The van der Waals surface area contributed by atoms with Gasteiger partial charge in [-0.2, -0.15) is 0 Å². The molecule has 0 bridgehead atoms. The Kier molecular flexibility index (Phi) is 7.72. The molecule has 1 aromatic carbocycles. The van der Waals surface area contributed by atoms with Crippen molar-refractivity contribution < 1.29 is 4.79 Å². The predicted octanol–water partition coefficient (Wildman–Crippen LogP) is 1.75.